The fraction of sp³-hybridized carbons (Fsp3) is 0.227. The minimum absolute atomic E-state index is 0.184. The van der Waals surface area contributed by atoms with E-state index in [-0.39, 0.29) is 5.91 Å². The number of hydrogen-bond acceptors (Lipinski definition) is 4. The standard InChI is InChI=1S/C22H23N3O2/c1-15-9-10-16(2)21(11-15)27-17(3)22(26)23-13-19-12-20(25-14-24-19)18-7-5-4-6-8-18/h4-12,14,17H,13H2,1-3H3,(H,23,26). The summed E-state index contributed by atoms with van der Waals surface area (Å²) in [5.74, 6) is 0.543. The molecule has 1 N–H and O–H groups in total. The van der Waals surface area contributed by atoms with Gasteiger partial charge in [0.05, 0.1) is 17.9 Å². The van der Waals surface area contributed by atoms with E-state index in [4.69, 9.17) is 4.74 Å². The Balaban J connectivity index is 1.61. The molecule has 1 heterocycles. The molecule has 2 aromatic carbocycles. The lowest BCUT2D eigenvalue weighted by atomic mass is 10.1. The van der Waals surface area contributed by atoms with Crippen LogP contribution in [0.1, 0.15) is 23.7 Å². The van der Waals surface area contributed by atoms with Crippen LogP contribution in [0.4, 0.5) is 0 Å². The first kappa shape index (κ1) is 18.6. The first-order valence-corrected chi connectivity index (χ1v) is 8.91. The van der Waals surface area contributed by atoms with Crippen molar-refractivity contribution in [2.75, 3.05) is 0 Å². The number of rotatable bonds is 6. The number of benzene rings is 2. The van der Waals surface area contributed by atoms with Gasteiger partial charge in [0.2, 0.25) is 0 Å². The van der Waals surface area contributed by atoms with Crippen LogP contribution in [-0.4, -0.2) is 22.0 Å². The summed E-state index contributed by atoms with van der Waals surface area (Å²) in [6.07, 6.45) is 0.917. The molecule has 3 aromatic rings. The predicted octanol–water partition coefficient (Wildman–Crippen LogP) is 3.84. The van der Waals surface area contributed by atoms with Gasteiger partial charge in [-0.2, -0.15) is 0 Å². The molecule has 0 radical (unpaired) electrons. The largest absolute Gasteiger partial charge is 0.481 e. The molecule has 0 spiro atoms. The normalized spacial score (nSPS) is 11.7. The van der Waals surface area contributed by atoms with Crippen molar-refractivity contribution in [1.82, 2.24) is 15.3 Å². The summed E-state index contributed by atoms with van der Waals surface area (Å²) in [6, 6.07) is 17.7. The average molecular weight is 361 g/mol. The molecule has 1 unspecified atom stereocenters. The fourth-order valence-electron chi connectivity index (χ4n) is 2.66. The number of nitrogens with one attached hydrogen (secondary N) is 1. The Bertz CT molecular complexity index is 926. The maximum absolute atomic E-state index is 12.4. The molecule has 0 aliphatic carbocycles. The fourth-order valence-corrected chi connectivity index (χ4v) is 2.66. The van der Waals surface area contributed by atoms with Gasteiger partial charge in [-0.05, 0) is 44.0 Å². The number of nitrogens with zero attached hydrogens (tertiary/aromatic N) is 2. The summed E-state index contributed by atoms with van der Waals surface area (Å²) in [6.45, 7) is 6.02. The zero-order valence-electron chi connectivity index (χ0n) is 15.8. The number of ether oxygens (including phenoxy) is 1. The monoisotopic (exact) mass is 361 g/mol. The van der Waals surface area contributed by atoms with E-state index in [0.29, 0.717) is 6.54 Å². The Morgan fingerprint density at radius 2 is 1.85 bits per heavy atom. The van der Waals surface area contributed by atoms with Crippen molar-refractivity contribution in [2.24, 2.45) is 0 Å². The molecule has 1 amide bonds. The van der Waals surface area contributed by atoms with Crippen LogP contribution in [0.3, 0.4) is 0 Å². The Morgan fingerprint density at radius 1 is 1.07 bits per heavy atom. The van der Waals surface area contributed by atoms with Gasteiger partial charge in [0, 0.05) is 5.56 Å². The van der Waals surface area contributed by atoms with Crippen LogP contribution >= 0.6 is 0 Å². The van der Waals surface area contributed by atoms with Crippen molar-refractivity contribution in [3.05, 3.63) is 77.7 Å². The molecule has 0 bridgehead atoms. The van der Waals surface area contributed by atoms with Crippen LogP contribution < -0.4 is 10.1 Å². The Morgan fingerprint density at radius 3 is 2.63 bits per heavy atom. The van der Waals surface area contributed by atoms with E-state index in [1.54, 1.807) is 6.92 Å². The van der Waals surface area contributed by atoms with Gasteiger partial charge in [0.1, 0.15) is 12.1 Å². The number of carbonyl (C=O) groups excluding carboxylic acids is 1. The minimum Gasteiger partial charge on any atom is -0.481 e. The third-order valence-electron chi connectivity index (χ3n) is 4.25. The summed E-state index contributed by atoms with van der Waals surface area (Å²) in [7, 11) is 0. The summed E-state index contributed by atoms with van der Waals surface area (Å²) >= 11 is 0. The van der Waals surface area contributed by atoms with Gasteiger partial charge < -0.3 is 10.1 Å². The summed E-state index contributed by atoms with van der Waals surface area (Å²) in [5, 5.41) is 2.88. The first-order chi connectivity index (χ1) is 13.0. The molecule has 3 rings (SSSR count). The zero-order valence-corrected chi connectivity index (χ0v) is 15.8. The highest BCUT2D eigenvalue weighted by Crippen LogP contribution is 2.20. The van der Waals surface area contributed by atoms with Crippen LogP contribution in [0.2, 0.25) is 0 Å². The third kappa shape index (κ3) is 4.91. The van der Waals surface area contributed by atoms with E-state index in [1.165, 1.54) is 6.33 Å². The molecule has 0 saturated carbocycles. The van der Waals surface area contributed by atoms with E-state index in [9.17, 15) is 4.79 Å². The zero-order chi connectivity index (χ0) is 19.2. The summed E-state index contributed by atoms with van der Waals surface area (Å²) < 4.78 is 5.82. The average Bonchev–Trinajstić information content (AvgIpc) is 2.69. The van der Waals surface area contributed by atoms with Crippen LogP contribution in [-0.2, 0) is 11.3 Å². The number of carbonyl (C=O) groups is 1. The highest BCUT2D eigenvalue weighted by atomic mass is 16.5. The van der Waals surface area contributed by atoms with Gasteiger partial charge in [-0.1, -0.05) is 42.5 Å². The van der Waals surface area contributed by atoms with Crippen LogP contribution in [0.25, 0.3) is 11.3 Å². The molecule has 0 fully saturated rings. The second kappa shape index (κ2) is 8.45. The van der Waals surface area contributed by atoms with Crippen LogP contribution in [0.15, 0.2) is 60.9 Å². The number of amides is 1. The van der Waals surface area contributed by atoms with Gasteiger partial charge in [0.15, 0.2) is 6.10 Å². The lowest BCUT2D eigenvalue weighted by molar-refractivity contribution is -0.127. The van der Waals surface area contributed by atoms with Crippen LogP contribution in [0, 0.1) is 13.8 Å². The van der Waals surface area contributed by atoms with Gasteiger partial charge in [-0.25, -0.2) is 9.97 Å². The van der Waals surface area contributed by atoms with Gasteiger partial charge in [0.25, 0.3) is 5.91 Å². The van der Waals surface area contributed by atoms with Gasteiger partial charge >= 0.3 is 0 Å². The number of aromatic nitrogens is 2. The van der Waals surface area contributed by atoms with E-state index < -0.39 is 6.10 Å². The smallest absolute Gasteiger partial charge is 0.261 e. The van der Waals surface area contributed by atoms with Crippen molar-refractivity contribution in [3.63, 3.8) is 0 Å². The predicted molar refractivity (Wildman–Crippen MR) is 105 cm³/mol. The quantitative estimate of drug-likeness (QED) is 0.724. The Kier molecular flexibility index (Phi) is 5.81. The third-order valence-corrected chi connectivity index (χ3v) is 4.25. The molecular formula is C22H23N3O2. The lowest BCUT2D eigenvalue weighted by Gasteiger charge is -2.16. The number of aryl methyl sites for hydroxylation is 2. The Labute approximate surface area is 159 Å². The molecule has 5 heteroatoms. The summed E-state index contributed by atoms with van der Waals surface area (Å²) in [4.78, 5) is 20.9. The van der Waals surface area contributed by atoms with Crippen molar-refractivity contribution >= 4 is 5.91 Å². The van der Waals surface area contributed by atoms with E-state index in [0.717, 1.165) is 33.8 Å². The van der Waals surface area contributed by atoms with Crippen molar-refractivity contribution in [3.8, 4) is 17.0 Å². The van der Waals surface area contributed by atoms with Crippen LogP contribution in [0.5, 0.6) is 5.75 Å². The molecule has 138 valence electrons. The number of hydrogen-bond donors (Lipinski definition) is 1. The van der Waals surface area contributed by atoms with E-state index in [1.807, 2.05) is 68.4 Å². The van der Waals surface area contributed by atoms with E-state index in [2.05, 4.69) is 15.3 Å². The molecule has 0 aliphatic heterocycles. The van der Waals surface area contributed by atoms with Gasteiger partial charge in [-0.3, -0.25) is 4.79 Å². The second-order valence-corrected chi connectivity index (χ2v) is 6.51. The first-order valence-electron chi connectivity index (χ1n) is 8.91. The second-order valence-electron chi connectivity index (χ2n) is 6.51. The minimum atomic E-state index is -0.596. The maximum Gasteiger partial charge on any atom is 0.261 e. The van der Waals surface area contributed by atoms with Crippen molar-refractivity contribution in [1.29, 1.82) is 0 Å². The van der Waals surface area contributed by atoms with Crippen molar-refractivity contribution < 1.29 is 9.53 Å². The highest BCUT2D eigenvalue weighted by molar-refractivity contribution is 5.80. The molecule has 27 heavy (non-hydrogen) atoms. The highest BCUT2D eigenvalue weighted by Gasteiger charge is 2.16. The molecular weight excluding hydrogens is 338 g/mol. The maximum atomic E-state index is 12.4. The SMILES string of the molecule is Cc1ccc(C)c(OC(C)C(=O)NCc2cc(-c3ccccc3)ncn2)c1. The topological polar surface area (TPSA) is 64.1 Å². The van der Waals surface area contributed by atoms with Gasteiger partial charge in [-0.15, -0.1) is 0 Å². The molecule has 1 atom stereocenters. The lowest BCUT2D eigenvalue weighted by Crippen LogP contribution is -2.36. The molecule has 0 aliphatic rings. The molecule has 1 aromatic heterocycles. The van der Waals surface area contributed by atoms with E-state index >= 15 is 0 Å². The molecule has 5 nitrogen and oxygen atoms in total. The Hall–Kier alpha value is -3.21. The summed E-state index contributed by atoms with van der Waals surface area (Å²) in [5.41, 5.74) is 4.69. The van der Waals surface area contributed by atoms with Crippen molar-refractivity contribution in [2.45, 2.75) is 33.4 Å². The molecule has 0 saturated heterocycles.